The molecule has 4 nitrogen and oxygen atoms in total. The summed E-state index contributed by atoms with van der Waals surface area (Å²) in [4.78, 5) is 11.6. The maximum Gasteiger partial charge on any atom is 0.267 e. The highest BCUT2D eigenvalue weighted by atomic mass is 35.5. The smallest absolute Gasteiger partial charge is 0.267 e. The third-order valence-electron chi connectivity index (χ3n) is 2.12. The molecule has 0 aliphatic rings. The minimum Gasteiger partial charge on any atom is -0.383 e. The lowest BCUT2D eigenvalue weighted by atomic mass is 10.1. The van der Waals surface area contributed by atoms with E-state index < -0.39 is 5.91 Å². The van der Waals surface area contributed by atoms with Gasteiger partial charge < -0.3 is 5.32 Å². The first-order valence-corrected chi connectivity index (χ1v) is 5.95. The Morgan fingerprint density at radius 3 is 2.59 bits per heavy atom. The minimum absolute atomic E-state index is 0.339. The van der Waals surface area contributed by atoms with E-state index in [1.807, 2.05) is 0 Å². The average Bonchev–Trinajstić information content (AvgIpc) is 2.25. The van der Waals surface area contributed by atoms with Gasteiger partial charge in [-0.3, -0.25) is 10.2 Å². The van der Waals surface area contributed by atoms with Gasteiger partial charge in [0.05, 0.1) is 16.3 Å². The van der Waals surface area contributed by atoms with Gasteiger partial charge in [-0.15, -0.1) is 0 Å². The summed E-state index contributed by atoms with van der Waals surface area (Å²) < 4.78 is 0. The van der Waals surface area contributed by atoms with Gasteiger partial charge in [-0.05, 0) is 18.1 Å². The Morgan fingerprint density at radius 2 is 2.06 bits per heavy atom. The van der Waals surface area contributed by atoms with Crippen LogP contribution in [0, 0.1) is 5.92 Å². The van der Waals surface area contributed by atoms with Crippen molar-refractivity contribution in [2.24, 2.45) is 11.8 Å². The van der Waals surface area contributed by atoms with Gasteiger partial charge in [0.2, 0.25) is 0 Å². The zero-order valence-electron chi connectivity index (χ0n) is 9.68. The molecule has 4 N–H and O–H groups in total. The van der Waals surface area contributed by atoms with E-state index in [1.165, 1.54) is 6.07 Å². The molecule has 1 aromatic rings. The van der Waals surface area contributed by atoms with E-state index in [4.69, 9.17) is 29.0 Å². The topological polar surface area (TPSA) is 67.2 Å². The Hall–Kier alpha value is -0.970. The molecule has 94 valence electrons. The summed E-state index contributed by atoms with van der Waals surface area (Å²) in [5.74, 6) is 5.11. The number of hydrogen-bond acceptors (Lipinski definition) is 3. The second-order valence-corrected chi connectivity index (χ2v) is 4.90. The highest BCUT2D eigenvalue weighted by Crippen LogP contribution is 2.30. The van der Waals surface area contributed by atoms with Gasteiger partial charge in [-0.25, -0.2) is 5.84 Å². The summed E-state index contributed by atoms with van der Waals surface area (Å²) in [7, 11) is 0. The fourth-order valence-electron chi connectivity index (χ4n) is 1.32. The monoisotopic (exact) mass is 275 g/mol. The van der Waals surface area contributed by atoms with Gasteiger partial charge in [0.25, 0.3) is 5.91 Å². The molecule has 0 heterocycles. The number of nitrogens with one attached hydrogen (secondary N) is 2. The van der Waals surface area contributed by atoms with Crippen molar-refractivity contribution in [1.82, 2.24) is 5.43 Å². The number of amides is 1. The van der Waals surface area contributed by atoms with E-state index in [0.29, 0.717) is 33.8 Å². The van der Waals surface area contributed by atoms with E-state index in [2.05, 4.69) is 24.6 Å². The molecule has 1 amide bonds. The third-order valence-corrected chi connectivity index (χ3v) is 2.63. The molecule has 1 aromatic carbocycles. The Kier molecular flexibility index (Phi) is 5.05. The fourth-order valence-corrected chi connectivity index (χ4v) is 1.88. The van der Waals surface area contributed by atoms with Crippen LogP contribution in [-0.2, 0) is 0 Å². The molecule has 0 aromatic heterocycles. The van der Waals surface area contributed by atoms with Crippen molar-refractivity contribution in [2.45, 2.75) is 13.8 Å². The molecule has 0 bridgehead atoms. The van der Waals surface area contributed by atoms with E-state index in [0.717, 1.165) is 0 Å². The summed E-state index contributed by atoms with van der Waals surface area (Å²) in [5, 5.41) is 3.91. The van der Waals surface area contributed by atoms with Crippen molar-refractivity contribution < 1.29 is 4.79 Å². The zero-order chi connectivity index (χ0) is 13.0. The van der Waals surface area contributed by atoms with Crippen LogP contribution >= 0.6 is 23.2 Å². The van der Waals surface area contributed by atoms with E-state index in [-0.39, 0.29) is 0 Å². The Bertz CT molecular complexity index is 421. The number of halogens is 2. The van der Waals surface area contributed by atoms with Gasteiger partial charge in [0, 0.05) is 11.6 Å². The number of nitrogens with two attached hydrogens (primary N) is 1. The third kappa shape index (κ3) is 3.77. The van der Waals surface area contributed by atoms with Crippen LogP contribution in [-0.4, -0.2) is 12.5 Å². The van der Waals surface area contributed by atoms with Crippen LogP contribution in [0.25, 0.3) is 0 Å². The molecule has 1 rings (SSSR count). The summed E-state index contributed by atoms with van der Waals surface area (Å²) >= 11 is 11.9. The minimum atomic E-state index is -0.430. The predicted molar refractivity (Wildman–Crippen MR) is 71.4 cm³/mol. The van der Waals surface area contributed by atoms with Crippen molar-refractivity contribution in [2.75, 3.05) is 11.9 Å². The molecule has 0 radical (unpaired) electrons. The number of carbonyl (C=O) groups excluding carboxylic acids is 1. The maximum absolute atomic E-state index is 11.6. The molecule has 0 aliphatic carbocycles. The second kappa shape index (κ2) is 6.10. The molecular weight excluding hydrogens is 261 g/mol. The van der Waals surface area contributed by atoms with Gasteiger partial charge >= 0.3 is 0 Å². The van der Waals surface area contributed by atoms with Crippen LogP contribution in [0.4, 0.5) is 5.69 Å². The first kappa shape index (κ1) is 14.1. The molecule has 0 aliphatic heterocycles. The standard InChI is InChI=1S/C11H15Cl2N3O/c1-6(2)5-15-10-8(11(17)16-14)3-7(12)4-9(10)13/h3-4,6,15H,5,14H2,1-2H3,(H,16,17). The molecule has 0 fully saturated rings. The van der Waals surface area contributed by atoms with Crippen molar-refractivity contribution in [3.05, 3.63) is 27.7 Å². The summed E-state index contributed by atoms with van der Waals surface area (Å²) in [5.41, 5.74) is 2.95. The van der Waals surface area contributed by atoms with E-state index in [9.17, 15) is 4.79 Å². The van der Waals surface area contributed by atoms with Gasteiger partial charge in [0.15, 0.2) is 0 Å². The SMILES string of the molecule is CC(C)CNc1c(Cl)cc(Cl)cc1C(=O)NN. The van der Waals surface area contributed by atoms with Crippen LogP contribution < -0.4 is 16.6 Å². The lowest BCUT2D eigenvalue weighted by Gasteiger charge is -2.15. The molecule has 17 heavy (non-hydrogen) atoms. The zero-order valence-corrected chi connectivity index (χ0v) is 11.2. The number of nitrogen functional groups attached to an aromatic ring is 1. The lowest BCUT2D eigenvalue weighted by Crippen LogP contribution is -2.31. The molecule has 0 saturated carbocycles. The lowest BCUT2D eigenvalue weighted by molar-refractivity contribution is 0.0954. The quantitative estimate of drug-likeness (QED) is 0.450. The van der Waals surface area contributed by atoms with Gasteiger partial charge in [0.1, 0.15) is 0 Å². The Labute approximate surface area is 110 Å². The van der Waals surface area contributed by atoms with Crippen LogP contribution in [0.1, 0.15) is 24.2 Å². The highest BCUT2D eigenvalue weighted by molar-refractivity contribution is 6.37. The number of hydrazine groups is 1. The number of anilines is 1. The van der Waals surface area contributed by atoms with Crippen LogP contribution in [0.15, 0.2) is 12.1 Å². The van der Waals surface area contributed by atoms with Crippen molar-refractivity contribution in [3.8, 4) is 0 Å². The van der Waals surface area contributed by atoms with Crippen molar-refractivity contribution in [1.29, 1.82) is 0 Å². The summed E-state index contributed by atoms with van der Waals surface area (Å²) in [6.45, 7) is 4.81. The maximum atomic E-state index is 11.6. The van der Waals surface area contributed by atoms with Gasteiger partial charge in [-0.1, -0.05) is 37.0 Å². The summed E-state index contributed by atoms with van der Waals surface area (Å²) in [6, 6.07) is 3.11. The van der Waals surface area contributed by atoms with E-state index >= 15 is 0 Å². The number of carbonyl (C=O) groups is 1. The molecular formula is C11H15Cl2N3O. The number of rotatable bonds is 4. The Morgan fingerprint density at radius 1 is 1.41 bits per heavy atom. The number of hydrogen-bond donors (Lipinski definition) is 3. The van der Waals surface area contributed by atoms with Crippen molar-refractivity contribution >= 4 is 34.8 Å². The summed E-state index contributed by atoms with van der Waals surface area (Å²) in [6.07, 6.45) is 0. The average molecular weight is 276 g/mol. The first-order chi connectivity index (χ1) is 7.95. The number of benzene rings is 1. The van der Waals surface area contributed by atoms with Crippen LogP contribution in [0.3, 0.4) is 0 Å². The van der Waals surface area contributed by atoms with E-state index in [1.54, 1.807) is 6.07 Å². The van der Waals surface area contributed by atoms with Crippen LogP contribution in [0.2, 0.25) is 10.0 Å². The van der Waals surface area contributed by atoms with Crippen molar-refractivity contribution in [3.63, 3.8) is 0 Å². The van der Waals surface area contributed by atoms with Gasteiger partial charge in [-0.2, -0.15) is 0 Å². The predicted octanol–water partition coefficient (Wildman–Crippen LogP) is 2.66. The van der Waals surface area contributed by atoms with Crippen LogP contribution in [0.5, 0.6) is 0 Å². The molecule has 6 heteroatoms. The molecule has 0 spiro atoms. The molecule has 0 unspecified atom stereocenters. The highest BCUT2D eigenvalue weighted by Gasteiger charge is 2.15. The largest absolute Gasteiger partial charge is 0.383 e. The molecule has 0 atom stereocenters. The second-order valence-electron chi connectivity index (χ2n) is 4.06. The normalized spacial score (nSPS) is 10.5. The first-order valence-electron chi connectivity index (χ1n) is 5.19. The fraction of sp³-hybridized carbons (Fsp3) is 0.364. The molecule has 0 saturated heterocycles. The Balaban J connectivity index is 3.11.